The average molecular weight is 388 g/mol. The Morgan fingerprint density at radius 3 is 2.44 bits per heavy atom. The monoisotopic (exact) mass is 388 g/mol. The SMILES string of the molecule is CS(=O)(=O)Nc1ccc(C(O)CN2CC3CC2CN3c2ccncc2)cc1. The number of likely N-dealkylation sites (tertiary alicyclic amines) is 1. The molecule has 3 unspecified atom stereocenters. The summed E-state index contributed by atoms with van der Waals surface area (Å²) in [7, 11) is -3.29. The molecule has 2 aliphatic rings. The molecule has 2 saturated heterocycles. The molecule has 0 saturated carbocycles. The molecule has 0 radical (unpaired) electrons. The van der Waals surface area contributed by atoms with Crippen LogP contribution in [0.2, 0.25) is 0 Å². The fraction of sp³-hybridized carbons (Fsp3) is 0.421. The minimum Gasteiger partial charge on any atom is -0.387 e. The van der Waals surface area contributed by atoms with E-state index in [1.54, 1.807) is 24.3 Å². The van der Waals surface area contributed by atoms with Gasteiger partial charge in [0.2, 0.25) is 10.0 Å². The Kier molecular flexibility index (Phi) is 4.79. The highest BCUT2D eigenvalue weighted by Crippen LogP contribution is 2.35. The number of hydrogen-bond acceptors (Lipinski definition) is 6. The van der Waals surface area contributed by atoms with Crippen molar-refractivity contribution in [1.82, 2.24) is 9.88 Å². The molecule has 0 amide bonds. The Hall–Kier alpha value is -2.16. The van der Waals surface area contributed by atoms with Gasteiger partial charge in [0.05, 0.1) is 12.4 Å². The van der Waals surface area contributed by atoms with Crippen LogP contribution < -0.4 is 9.62 Å². The molecule has 7 nitrogen and oxygen atoms in total. The maximum Gasteiger partial charge on any atom is 0.229 e. The summed E-state index contributed by atoms with van der Waals surface area (Å²) in [6, 6.07) is 11.9. The molecule has 2 fully saturated rings. The highest BCUT2D eigenvalue weighted by atomic mass is 32.2. The maximum atomic E-state index is 11.3. The quantitative estimate of drug-likeness (QED) is 0.779. The fourth-order valence-corrected chi connectivity index (χ4v) is 4.70. The number of aliphatic hydroxyl groups is 1. The van der Waals surface area contributed by atoms with Crippen molar-refractivity contribution in [3.63, 3.8) is 0 Å². The van der Waals surface area contributed by atoms with Crippen LogP contribution in [-0.2, 0) is 10.0 Å². The van der Waals surface area contributed by atoms with Crippen LogP contribution in [-0.4, -0.2) is 61.4 Å². The van der Waals surface area contributed by atoms with Crippen LogP contribution in [0.1, 0.15) is 18.1 Å². The van der Waals surface area contributed by atoms with Gasteiger partial charge in [-0.15, -0.1) is 0 Å². The topological polar surface area (TPSA) is 85.8 Å². The van der Waals surface area contributed by atoms with E-state index < -0.39 is 16.1 Å². The van der Waals surface area contributed by atoms with Gasteiger partial charge in [-0.3, -0.25) is 14.6 Å². The first-order chi connectivity index (χ1) is 12.9. The summed E-state index contributed by atoms with van der Waals surface area (Å²) < 4.78 is 25.0. The summed E-state index contributed by atoms with van der Waals surface area (Å²) in [6.07, 6.45) is 5.29. The number of aromatic nitrogens is 1. The molecule has 1 aromatic carbocycles. The van der Waals surface area contributed by atoms with Crippen molar-refractivity contribution in [2.45, 2.75) is 24.6 Å². The number of sulfonamides is 1. The predicted molar refractivity (Wildman–Crippen MR) is 105 cm³/mol. The Labute approximate surface area is 159 Å². The van der Waals surface area contributed by atoms with Gasteiger partial charge in [-0.05, 0) is 36.2 Å². The summed E-state index contributed by atoms with van der Waals surface area (Å²) in [4.78, 5) is 8.87. The van der Waals surface area contributed by atoms with Crippen LogP contribution in [0.15, 0.2) is 48.8 Å². The van der Waals surface area contributed by atoms with Gasteiger partial charge in [0.15, 0.2) is 0 Å². The van der Waals surface area contributed by atoms with E-state index in [9.17, 15) is 13.5 Å². The third-order valence-corrected chi connectivity index (χ3v) is 5.96. The Bertz CT molecular complexity index is 889. The lowest BCUT2D eigenvalue weighted by Crippen LogP contribution is -2.47. The van der Waals surface area contributed by atoms with Crippen molar-refractivity contribution >= 4 is 21.4 Å². The van der Waals surface area contributed by atoms with Crippen molar-refractivity contribution in [2.75, 3.05) is 35.5 Å². The standard InChI is InChI=1S/C19H24N4O3S/c1-27(25,26)21-15-4-2-14(3-5-15)19(24)13-22-11-18-10-17(22)12-23(18)16-6-8-20-9-7-16/h2-9,17-19,21,24H,10-13H2,1H3. The number of hydrogen-bond donors (Lipinski definition) is 2. The number of rotatable bonds is 6. The number of pyridine rings is 1. The van der Waals surface area contributed by atoms with Crippen LogP contribution in [0.25, 0.3) is 0 Å². The lowest BCUT2D eigenvalue weighted by Gasteiger charge is -2.36. The minimum absolute atomic E-state index is 0.448. The summed E-state index contributed by atoms with van der Waals surface area (Å²) in [5, 5.41) is 10.6. The van der Waals surface area contributed by atoms with E-state index in [0.29, 0.717) is 24.3 Å². The second-order valence-corrected chi connectivity index (χ2v) is 9.12. The smallest absolute Gasteiger partial charge is 0.229 e. The molecule has 27 heavy (non-hydrogen) atoms. The summed E-state index contributed by atoms with van der Waals surface area (Å²) in [5.41, 5.74) is 2.51. The van der Waals surface area contributed by atoms with Crippen molar-refractivity contribution in [2.24, 2.45) is 0 Å². The van der Waals surface area contributed by atoms with E-state index in [1.807, 2.05) is 24.5 Å². The summed E-state index contributed by atoms with van der Waals surface area (Å²) in [5.74, 6) is 0. The van der Waals surface area contributed by atoms with Crippen LogP contribution >= 0.6 is 0 Å². The first-order valence-electron chi connectivity index (χ1n) is 9.05. The molecule has 2 aromatic rings. The molecule has 3 heterocycles. The van der Waals surface area contributed by atoms with Gasteiger partial charge in [0.1, 0.15) is 0 Å². The van der Waals surface area contributed by atoms with E-state index in [-0.39, 0.29) is 0 Å². The van der Waals surface area contributed by atoms with E-state index >= 15 is 0 Å². The molecule has 0 spiro atoms. The molecule has 8 heteroatoms. The average Bonchev–Trinajstić information content (AvgIpc) is 3.22. The van der Waals surface area contributed by atoms with Crippen LogP contribution in [0, 0.1) is 0 Å². The largest absolute Gasteiger partial charge is 0.387 e. The highest BCUT2D eigenvalue weighted by molar-refractivity contribution is 7.92. The molecule has 144 valence electrons. The van der Waals surface area contributed by atoms with E-state index in [1.165, 1.54) is 5.69 Å². The molecule has 2 aliphatic heterocycles. The summed E-state index contributed by atoms with van der Waals surface area (Å²) in [6.45, 7) is 2.50. The fourth-order valence-electron chi connectivity index (χ4n) is 4.14. The van der Waals surface area contributed by atoms with Gasteiger partial charge in [-0.1, -0.05) is 12.1 Å². The lowest BCUT2D eigenvalue weighted by atomic mass is 10.1. The van der Waals surface area contributed by atoms with Gasteiger partial charge in [0, 0.05) is 55.5 Å². The molecular weight excluding hydrogens is 364 g/mol. The van der Waals surface area contributed by atoms with Crippen LogP contribution in [0.4, 0.5) is 11.4 Å². The molecule has 2 N–H and O–H groups in total. The number of benzene rings is 1. The third-order valence-electron chi connectivity index (χ3n) is 5.35. The maximum absolute atomic E-state index is 11.3. The van der Waals surface area contributed by atoms with Gasteiger partial charge in [-0.2, -0.15) is 0 Å². The first-order valence-corrected chi connectivity index (χ1v) is 10.9. The minimum atomic E-state index is -3.29. The molecule has 1 aromatic heterocycles. The molecule has 4 rings (SSSR count). The molecule has 2 bridgehead atoms. The Balaban J connectivity index is 1.36. The third kappa shape index (κ3) is 4.07. The van der Waals surface area contributed by atoms with Crippen LogP contribution in [0.3, 0.4) is 0 Å². The van der Waals surface area contributed by atoms with Gasteiger partial charge in [0.25, 0.3) is 0 Å². The van der Waals surface area contributed by atoms with E-state index in [2.05, 4.69) is 19.5 Å². The summed E-state index contributed by atoms with van der Waals surface area (Å²) >= 11 is 0. The van der Waals surface area contributed by atoms with Crippen molar-refractivity contribution < 1.29 is 13.5 Å². The molecule has 3 atom stereocenters. The van der Waals surface area contributed by atoms with Crippen molar-refractivity contribution in [3.05, 3.63) is 54.4 Å². The molecule has 0 aliphatic carbocycles. The number of fused-ring (bicyclic) bond motifs is 2. The van der Waals surface area contributed by atoms with E-state index in [0.717, 1.165) is 31.3 Å². The highest BCUT2D eigenvalue weighted by Gasteiger charge is 2.43. The Morgan fingerprint density at radius 1 is 1.15 bits per heavy atom. The normalized spacial score (nSPS) is 23.6. The zero-order chi connectivity index (χ0) is 19.0. The van der Waals surface area contributed by atoms with Crippen molar-refractivity contribution in [3.8, 4) is 0 Å². The Morgan fingerprint density at radius 2 is 1.85 bits per heavy atom. The second-order valence-electron chi connectivity index (χ2n) is 7.37. The first kappa shape index (κ1) is 18.2. The number of nitrogens with zero attached hydrogens (tertiary/aromatic N) is 3. The van der Waals surface area contributed by atoms with Gasteiger partial charge < -0.3 is 10.0 Å². The van der Waals surface area contributed by atoms with E-state index in [4.69, 9.17) is 0 Å². The zero-order valence-electron chi connectivity index (χ0n) is 15.2. The predicted octanol–water partition coefficient (Wildman–Crippen LogP) is 1.45. The van der Waals surface area contributed by atoms with Gasteiger partial charge in [-0.25, -0.2) is 8.42 Å². The second kappa shape index (κ2) is 7.10. The molecular formula is C19H24N4O3S. The lowest BCUT2D eigenvalue weighted by molar-refractivity contribution is 0.102. The van der Waals surface area contributed by atoms with Gasteiger partial charge >= 0.3 is 0 Å². The number of nitrogens with one attached hydrogen (secondary N) is 1. The van der Waals surface area contributed by atoms with Crippen molar-refractivity contribution in [1.29, 1.82) is 0 Å². The number of aliphatic hydroxyl groups excluding tert-OH is 1. The zero-order valence-corrected chi connectivity index (χ0v) is 16.0. The van der Waals surface area contributed by atoms with Crippen LogP contribution in [0.5, 0.6) is 0 Å². The number of β-amino-alcohol motifs (C(OH)–C–C–N with tert-alkyl or cyclic N) is 1. The number of piperazine rings is 1. The number of anilines is 2.